The molecule has 0 aliphatic rings. The van der Waals surface area contributed by atoms with Crippen molar-refractivity contribution in [3.05, 3.63) is 46.5 Å². The fourth-order valence-electron chi connectivity index (χ4n) is 2.60. The van der Waals surface area contributed by atoms with E-state index in [0.717, 1.165) is 22.2 Å². The number of hydrogen-bond acceptors (Lipinski definition) is 2. The molecule has 0 saturated carbocycles. The highest BCUT2D eigenvalue weighted by Gasteiger charge is 2.17. The second-order valence-electron chi connectivity index (χ2n) is 4.93. The summed E-state index contributed by atoms with van der Waals surface area (Å²) in [5.74, 6) is -0.462. The van der Waals surface area contributed by atoms with Gasteiger partial charge in [-0.25, -0.2) is 4.39 Å². The average molecular weight is 305 g/mol. The number of H-pyrrole nitrogens is 1. The summed E-state index contributed by atoms with van der Waals surface area (Å²) in [6.45, 7) is 3.93. The van der Waals surface area contributed by atoms with Gasteiger partial charge in [-0.15, -0.1) is 0 Å². The fraction of sp³-hybridized carbons (Fsp3) is 0.188. The van der Waals surface area contributed by atoms with Gasteiger partial charge in [-0.05, 0) is 37.6 Å². The lowest BCUT2D eigenvalue weighted by Crippen LogP contribution is -1.95. The molecule has 0 radical (unpaired) electrons. The molecule has 0 spiro atoms. The van der Waals surface area contributed by atoms with Gasteiger partial charge in [-0.1, -0.05) is 11.6 Å². The Kier molecular flexibility index (Phi) is 3.33. The normalized spacial score (nSPS) is 11.1. The number of hydrogen-bond donors (Lipinski definition) is 1. The zero-order valence-electron chi connectivity index (χ0n) is 11.9. The van der Waals surface area contributed by atoms with Gasteiger partial charge in [0.15, 0.2) is 11.6 Å². The van der Waals surface area contributed by atoms with Crippen molar-refractivity contribution in [3.63, 3.8) is 0 Å². The van der Waals surface area contributed by atoms with Crippen molar-refractivity contribution in [1.82, 2.24) is 9.97 Å². The molecule has 0 unspecified atom stereocenters. The first-order chi connectivity index (χ1) is 10.0. The SMILES string of the molecule is COc1c(Cl)ccc(-c2cc3[nH]cc(C)c3c(C)n2)c1F. The summed E-state index contributed by atoms with van der Waals surface area (Å²) < 4.78 is 19.5. The van der Waals surface area contributed by atoms with Crippen LogP contribution in [0.2, 0.25) is 5.02 Å². The Morgan fingerprint density at radius 2 is 2.05 bits per heavy atom. The molecule has 21 heavy (non-hydrogen) atoms. The first kappa shape index (κ1) is 13.9. The summed E-state index contributed by atoms with van der Waals surface area (Å²) in [4.78, 5) is 7.69. The fourth-order valence-corrected chi connectivity index (χ4v) is 2.82. The summed E-state index contributed by atoms with van der Waals surface area (Å²) in [5.41, 5.74) is 3.83. The quantitative estimate of drug-likeness (QED) is 0.748. The van der Waals surface area contributed by atoms with Gasteiger partial charge in [-0.2, -0.15) is 0 Å². The number of benzene rings is 1. The number of aromatic amines is 1. The predicted octanol–water partition coefficient (Wildman–Crippen LogP) is 4.65. The zero-order chi connectivity index (χ0) is 15.1. The number of aryl methyl sites for hydroxylation is 2. The van der Waals surface area contributed by atoms with Crippen LogP contribution in [0.3, 0.4) is 0 Å². The number of methoxy groups -OCH3 is 1. The van der Waals surface area contributed by atoms with E-state index in [1.807, 2.05) is 26.1 Å². The standard InChI is InChI=1S/C16H14ClFN2O/c1-8-7-19-13-6-12(20-9(2)14(8)13)10-4-5-11(17)16(21-3)15(10)18/h4-7,19H,1-3H3. The highest BCUT2D eigenvalue weighted by atomic mass is 35.5. The van der Waals surface area contributed by atoms with Gasteiger partial charge in [0.25, 0.3) is 0 Å². The molecule has 3 aromatic rings. The molecule has 108 valence electrons. The number of pyridine rings is 1. The predicted molar refractivity (Wildman–Crippen MR) is 82.5 cm³/mol. The van der Waals surface area contributed by atoms with Crippen molar-refractivity contribution in [1.29, 1.82) is 0 Å². The molecule has 3 nitrogen and oxygen atoms in total. The van der Waals surface area contributed by atoms with Gasteiger partial charge in [0.2, 0.25) is 0 Å². The van der Waals surface area contributed by atoms with Crippen LogP contribution in [-0.2, 0) is 0 Å². The minimum atomic E-state index is -0.500. The van der Waals surface area contributed by atoms with Gasteiger partial charge in [0.05, 0.1) is 17.8 Å². The molecular formula is C16H14ClFN2O. The van der Waals surface area contributed by atoms with E-state index in [4.69, 9.17) is 16.3 Å². The van der Waals surface area contributed by atoms with Crippen molar-refractivity contribution >= 4 is 22.5 Å². The largest absolute Gasteiger partial charge is 0.492 e. The van der Waals surface area contributed by atoms with Crippen LogP contribution < -0.4 is 4.74 Å². The van der Waals surface area contributed by atoms with Crippen LogP contribution in [0.25, 0.3) is 22.2 Å². The summed E-state index contributed by atoms with van der Waals surface area (Å²) in [6.07, 6.45) is 1.92. The van der Waals surface area contributed by atoms with Gasteiger partial charge in [-0.3, -0.25) is 4.98 Å². The van der Waals surface area contributed by atoms with Gasteiger partial charge in [0.1, 0.15) is 0 Å². The van der Waals surface area contributed by atoms with Crippen LogP contribution in [0.1, 0.15) is 11.3 Å². The monoisotopic (exact) mass is 304 g/mol. The Hall–Kier alpha value is -2.07. The minimum absolute atomic E-state index is 0.0383. The number of ether oxygens (including phenoxy) is 1. The molecule has 2 aromatic heterocycles. The number of rotatable bonds is 2. The topological polar surface area (TPSA) is 37.9 Å². The highest BCUT2D eigenvalue weighted by Crippen LogP contribution is 2.35. The molecule has 1 aromatic carbocycles. The van der Waals surface area contributed by atoms with E-state index in [-0.39, 0.29) is 10.8 Å². The third-order valence-electron chi connectivity index (χ3n) is 3.57. The average Bonchev–Trinajstić information content (AvgIpc) is 2.81. The molecule has 5 heteroatoms. The Labute approximate surface area is 126 Å². The maximum Gasteiger partial charge on any atom is 0.175 e. The lowest BCUT2D eigenvalue weighted by atomic mass is 10.1. The highest BCUT2D eigenvalue weighted by molar-refractivity contribution is 6.32. The van der Waals surface area contributed by atoms with Crippen molar-refractivity contribution < 1.29 is 9.13 Å². The van der Waals surface area contributed by atoms with Crippen LogP contribution in [0.5, 0.6) is 5.75 Å². The van der Waals surface area contributed by atoms with Crippen LogP contribution in [-0.4, -0.2) is 17.1 Å². The second kappa shape index (κ2) is 5.04. The van der Waals surface area contributed by atoms with E-state index >= 15 is 0 Å². The van der Waals surface area contributed by atoms with Crippen LogP contribution in [0.15, 0.2) is 24.4 Å². The summed E-state index contributed by atoms with van der Waals surface area (Å²) in [6, 6.07) is 5.06. The molecule has 0 atom stereocenters. The zero-order valence-corrected chi connectivity index (χ0v) is 12.7. The molecule has 0 saturated heterocycles. The molecule has 3 rings (SSSR count). The third kappa shape index (κ3) is 2.16. The van der Waals surface area contributed by atoms with Crippen molar-refractivity contribution in [3.8, 4) is 17.0 Å². The first-order valence-corrected chi connectivity index (χ1v) is 6.88. The number of halogens is 2. The Morgan fingerprint density at radius 3 is 2.76 bits per heavy atom. The summed E-state index contributed by atoms with van der Waals surface area (Å²) in [7, 11) is 1.39. The number of nitrogens with one attached hydrogen (secondary N) is 1. The lowest BCUT2D eigenvalue weighted by Gasteiger charge is -2.10. The first-order valence-electron chi connectivity index (χ1n) is 6.50. The number of aromatic nitrogens is 2. The summed E-state index contributed by atoms with van der Waals surface area (Å²) >= 11 is 5.93. The van der Waals surface area contributed by atoms with Crippen LogP contribution in [0, 0.1) is 19.7 Å². The van der Waals surface area contributed by atoms with E-state index < -0.39 is 5.82 Å². The maximum absolute atomic E-state index is 14.5. The minimum Gasteiger partial charge on any atom is -0.492 e. The molecule has 0 aliphatic heterocycles. The van der Waals surface area contributed by atoms with Gasteiger partial charge < -0.3 is 9.72 Å². The van der Waals surface area contributed by atoms with Crippen LogP contribution >= 0.6 is 11.6 Å². The third-order valence-corrected chi connectivity index (χ3v) is 3.87. The Morgan fingerprint density at radius 1 is 1.29 bits per heavy atom. The molecule has 0 fully saturated rings. The summed E-state index contributed by atoms with van der Waals surface area (Å²) in [5, 5.41) is 1.31. The van der Waals surface area contributed by atoms with Crippen molar-refractivity contribution in [2.45, 2.75) is 13.8 Å². The number of nitrogens with zero attached hydrogens (tertiary/aromatic N) is 1. The Balaban J connectivity index is 2.26. The Bertz CT molecular complexity index is 842. The maximum atomic E-state index is 14.5. The van der Waals surface area contributed by atoms with Crippen LogP contribution in [0.4, 0.5) is 4.39 Å². The van der Waals surface area contributed by atoms with E-state index in [0.29, 0.717) is 11.3 Å². The number of fused-ring (bicyclic) bond motifs is 1. The smallest absolute Gasteiger partial charge is 0.175 e. The van der Waals surface area contributed by atoms with Gasteiger partial charge in [0, 0.05) is 28.4 Å². The molecule has 2 heterocycles. The molecule has 1 N–H and O–H groups in total. The van der Waals surface area contributed by atoms with Gasteiger partial charge >= 0.3 is 0 Å². The van der Waals surface area contributed by atoms with E-state index in [1.165, 1.54) is 7.11 Å². The molecular weight excluding hydrogens is 291 g/mol. The van der Waals surface area contributed by atoms with Crippen molar-refractivity contribution in [2.75, 3.05) is 7.11 Å². The van der Waals surface area contributed by atoms with Crippen molar-refractivity contribution in [2.24, 2.45) is 0 Å². The molecule has 0 aliphatic carbocycles. The van der Waals surface area contributed by atoms with E-state index in [1.54, 1.807) is 12.1 Å². The van der Waals surface area contributed by atoms with E-state index in [2.05, 4.69) is 9.97 Å². The van der Waals surface area contributed by atoms with E-state index in [9.17, 15) is 4.39 Å². The lowest BCUT2D eigenvalue weighted by molar-refractivity contribution is 0.387. The molecule has 0 amide bonds. The molecule has 0 bridgehead atoms. The second-order valence-corrected chi connectivity index (χ2v) is 5.34.